The van der Waals surface area contributed by atoms with E-state index in [4.69, 9.17) is 9.05 Å². The van der Waals surface area contributed by atoms with Gasteiger partial charge in [0, 0.05) is 6.42 Å². The van der Waals surface area contributed by atoms with Crippen molar-refractivity contribution in [2.75, 3.05) is 40.9 Å². The number of phosphoric acid groups is 1. The van der Waals surface area contributed by atoms with Gasteiger partial charge in [-0.3, -0.25) is 9.36 Å². The van der Waals surface area contributed by atoms with E-state index in [2.05, 4.69) is 116 Å². The number of rotatable bonds is 58. The maximum Gasteiger partial charge on any atom is 0.268 e. The molecule has 0 radical (unpaired) electrons. The molecule has 1 amide bonds. The Morgan fingerprint density at radius 3 is 1.14 bits per heavy atom. The monoisotopic (exact) mass is 1110 g/mol. The SMILES string of the molecule is CC/C=C\C/C=C\C/C=C\C/C=C\C/C=C\C/C=C\C/C=C\C/C=C\CCCCCCCCCCCCCCCCCCC(=O)NC(COP(=O)([O-])OCC[N+](C)(C)C)C(O)/C=C/CCCCCCCCCCCCCCC. The maximum absolute atomic E-state index is 13.0. The molecule has 0 spiro atoms. The number of carbonyl (C=O) groups is 1. The molecule has 0 saturated carbocycles. The van der Waals surface area contributed by atoms with Crippen molar-refractivity contribution >= 4 is 13.7 Å². The molecular formula is C69H123N2O6P. The summed E-state index contributed by atoms with van der Waals surface area (Å²) >= 11 is 0. The predicted octanol–water partition coefficient (Wildman–Crippen LogP) is 19.7. The van der Waals surface area contributed by atoms with Crippen molar-refractivity contribution in [1.29, 1.82) is 0 Å². The third-order valence-corrected chi connectivity index (χ3v) is 15.0. The molecule has 0 aliphatic carbocycles. The summed E-state index contributed by atoms with van der Waals surface area (Å²) in [6.45, 7) is 4.54. The summed E-state index contributed by atoms with van der Waals surface area (Å²) < 4.78 is 23.4. The van der Waals surface area contributed by atoms with Gasteiger partial charge in [-0.1, -0.05) is 290 Å². The highest BCUT2D eigenvalue weighted by molar-refractivity contribution is 7.45. The fourth-order valence-electron chi connectivity index (χ4n) is 8.99. The number of hydrogen-bond donors (Lipinski definition) is 2. The maximum atomic E-state index is 13.0. The summed E-state index contributed by atoms with van der Waals surface area (Å²) in [6.07, 6.45) is 86.2. The molecule has 0 fully saturated rings. The van der Waals surface area contributed by atoms with Crippen molar-refractivity contribution in [3.8, 4) is 0 Å². The Balaban J connectivity index is 4.00. The van der Waals surface area contributed by atoms with Crippen LogP contribution in [0.4, 0.5) is 0 Å². The van der Waals surface area contributed by atoms with E-state index >= 15 is 0 Å². The van der Waals surface area contributed by atoms with Crippen LogP contribution in [0.25, 0.3) is 0 Å². The zero-order chi connectivity index (χ0) is 57.0. The standard InChI is InChI=1S/C69H123N2O6P/c1-6-8-10-12-14-16-18-20-22-23-24-25-26-27-28-29-30-31-32-33-34-35-36-37-38-39-40-41-42-43-44-45-46-47-49-51-53-55-57-59-61-63-69(73)70-67(66-77-78(74,75)76-65-64-71(3,4)5)68(72)62-60-58-56-54-52-50-48-21-19-17-15-13-11-9-7-2/h8,10,14,16,20,22,24-25,27-28,30-31,33-34,36-37,60,62,67-68,72H,6-7,9,11-13,15,17-19,21,23,26,29,32,35,38-59,61,63-66H2,1-5H3,(H-,70,73,74,75)/b10-8-,16-14-,22-20-,25-24-,28-27-,31-30-,34-33-,37-36-,62-60+. The Kier molecular flexibility index (Phi) is 56.7. The molecule has 0 aromatic carbocycles. The molecule has 3 atom stereocenters. The predicted molar refractivity (Wildman–Crippen MR) is 339 cm³/mol. The van der Waals surface area contributed by atoms with Gasteiger partial charge in [0.25, 0.3) is 7.82 Å². The number of amides is 1. The Hall–Kier alpha value is -2.84. The molecule has 0 aromatic rings. The van der Waals surface area contributed by atoms with Crippen molar-refractivity contribution in [3.05, 3.63) is 109 Å². The van der Waals surface area contributed by atoms with E-state index in [0.29, 0.717) is 17.4 Å². The summed E-state index contributed by atoms with van der Waals surface area (Å²) in [7, 11) is 1.26. The molecule has 450 valence electrons. The van der Waals surface area contributed by atoms with Crippen LogP contribution in [0.1, 0.15) is 271 Å². The first kappa shape index (κ1) is 75.2. The third-order valence-electron chi connectivity index (χ3n) is 14.0. The molecule has 2 N–H and O–H groups in total. The van der Waals surface area contributed by atoms with Crippen molar-refractivity contribution < 1.29 is 32.9 Å². The van der Waals surface area contributed by atoms with Crippen LogP contribution in [-0.2, 0) is 18.4 Å². The van der Waals surface area contributed by atoms with E-state index < -0.39 is 20.0 Å². The van der Waals surface area contributed by atoms with Gasteiger partial charge in [-0.05, 0) is 83.5 Å². The fraction of sp³-hybridized carbons (Fsp3) is 0.725. The van der Waals surface area contributed by atoms with Gasteiger partial charge in [0.05, 0.1) is 39.9 Å². The van der Waals surface area contributed by atoms with Crippen LogP contribution in [0.5, 0.6) is 0 Å². The summed E-state index contributed by atoms with van der Waals surface area (Å²) in [5.74, 6) is -0.199. The average Bonchev–Trinajstić information content (AvgIpc) is 3.41. The van der Waals surface area contributed by atoms with Crippen molar-refractivity contribution in [2.45, 2.75) is 283 Å². The summed E-state index contributed by atoms with van der Waals surface area (Å²) in [4.78, 5) is 25.5. The number of nitrogens with zero attached hydrogens (tertiary/aromatic N) is 1. The zero-order valence-electron chi connectivity index (χ0n) is 51.3. The molecule has 0 heterocycles. The highest BCUT2D eigenvalue weighted by Crippen LogP contribution is 2.38. The number of aliphatic hydroxyl groups is 1. The first-order chi connectivity index (χ1) is 38.0. The number of nitrogens with one attached hydrogen (secondary N) is 1. The van der Waals surface area contributed by atoms with E-state index in [1.165, 1.54) is 161 Å². The number of aliphatic hydroxyl groups excluding tert-OH is 1. The van der Waals surface area contributed by atoms with Gasteiger partial charge in [0.2, 0.25) is 5.91 Å². The number of quaternary nitrogens is 1. The number of phosphoric ester groups is 1. The second-order valence-corrected chi connectivity index (χ2v) is 24.1. The lowest BCUT2D eigenvalue weighted by Gasteiger charge is -2.29. The smallest absolute Gasteiger partial charge is 0.268 e. The lowest BCUT2D eigenvalue weighted by atomic mass is 10.0. The van der Waals surface area contributed by atoms with E-state index in [9.17, 15) is 19.4 Å². The summed E-state index contributed by atoms with van der Waals surface area (Å²) in [5.41, 5.74) is 0. The molecule has 9 heteroatoms. The van der Waals surface area contributed by atoms with Gasteiger partial charge in [-0.2, -0.15) is 0 Å². The molecule has 0 aromatic heterocycles. The minimum Gasteiger partial charge on any atom is -0.756 e. The summed E-state index contributed by atoms with van der Waals surface area (Å²) in [5, 5.41) is 13.9. The minimum atomic E-state index is -4.60. The molecule has 3 unspecified atom stereocenters. The third kappa shape index (κ3) is 60.8. The number of unbranched alkanes of at least 4 members (excludes halogenated alkanes) is 29. The minimum absolute atomic E-state index is 0.00348. The number of hydrogen-bond acceptors (Lipinski definition) is 6. The molecule has 0 bridgehead atoms. The van der Waals surface area contributed by atoms with E-state index in [0.717, 1.165) is 89.9 Å². The second-order valence-electron chi connectivity index (χ2n) is 22.7. The van der Waals surface area contributed by atoms with Gasteiger partial charge in [0.15, 0.2) is 0 Å². The average molecular weight is 1110 g/mol. The Bertz CT molecular complexity index is 1640. The van der Waals surface area contributed by atoms with Crippen molar-refractivity contribution in [1.82, 2.24) is 5.32 Å². The molecule has 78 heavy (non-hydrogen) atoms. The Morgan fingerprint density at radius 2 is 0.782 bits per heavy atom. The van der Waals surface area contributed by atoms with E-state index in [1.54, 1.807) is 6.08 Å². The molecular weight excluding hydrogens is 984 g/mol. The number of likely N-dealkylation sites (N-methyl/N-ethyl adjacent to an activating group) is 1. The highest BCUT2D eigenvalue weighted by atomic mass is 31.2. The van der Waals surface area contributed by atoms with Crippen molar-refractivity contribution in [3.63, 3.8) is 0 Å². The van der Waals surface area contributed by atoms with Crippen LogP contribution in [0, 0.1) is 0 Å². The largest absolute Gasteiger partial charge is 0.756 e. The molecule has 8 nitrogen and oxygen atoms in total. The second kappa shape index (κ2) is 58.8. The molecule has 0 saturated heterocycles. The Labute approximate surface area is 482 Å². The fourth-order valence-corrected chi connectivity index (χ4v) is 9.72. The van der Waals surface area contributed by atoms with Gasteiger partial charge >= 0.3 is 0 Å². The molecule has 0 rings (SSSR count). The highest BCUT2D eigenvalue weighted by Gasteiger charge is 2.23. The van der Waals surface area contributed by atoms with Crippen LogP contribution in [0.2, 0.25) is 0 Å². The normalized spacial score (nSPS) is 14.5. The van der Waals surface area contributed by atoms with Crippen molar-refractivity contribution in [2.24, 2.45) is 0 Å². The summed E-state index contributed by atoms with van der Waals surface area (Å²) in [6, 6.07) is -0.891. The van der Waals surface area contributed by atoms with Gasteiger partial charge in [-0.15, -0.1) is 0 Å². The Morgan fingerprint density at radius 1 is 0.462 bits per heavy atom. The van der Waals surface area contributed by atoms with Gasteiger partial charge < -0.3 is 28.8 Å². The van der Waals surface area contributed by atoms with Crippen LogP contribution in [-0.4, -0.2) is 68.5 Å². The van der Waals surface area contributed by atoms with E-state index in [-0.39, 0.29) is 19.1 Å². The lowest BCUT2D eigenvalue weighted by Crippen LogP contribution is -2.45. The molecule has 0 aliphatic rings. The number of allylic oxidation sites excluding steroid dienone is 17. The van der Waals surface area contributed by atoms with Crippen LogP contribution in [0.15, 0.2) is 109 Å². The lowest BCUT2D eigenvalue weighted by molar-refractivity contribution is -0.870. The van der Waals surface area contributed by atoms with Crippen LogP contribution < -0.4 is 10.2 Å². The van der Waals surface area contributed by atoms with Gasteiger partial charge in [-0.25, -0.2) is 0 Å². The topological polar surface area (TPSA) is 108 Å². The van der Waals surface area contributed by atoms with E-state index in [1.807, 2.05) is 27.2 Å². The first-order valence-electron chi connectivity index (χ1n) is 32.2. The molecule has 0 aliphatic heterocycles. The van der Waals surface area contributed by atoms with Crippen LogP contribution >= 0.6 is 7.82 Å². The van der Waals surface area contributed by atoms with Crippen LogP contribution in [0.3, 0.4) is 0 Å². The van der Waals surface area contributed by atoms with Gasteiger partial charge in [0.1, 0.15) is 13.2 Å². The zero-order valence-corrected chi connectivity index (χ0v) is 52.2. The quantitative estimate of drug-likeness (QED) is 0.0272. The number of carbonyl (C=O) groups excluding carboxylic acids is 1. The first-order valence-corrected chi connectivity index (χ1v) is 33.7.